The third-order valence-electron chi connectivity index (χ3n) is 7.60. The summed E-state index contributed by atoms with van der Waals surface area (Å²) in [6.07, 6.45) is 11.3. The molecule has 3 nitrogen and oxygen atoms in total. The lowest BCUT2D eigenvalue weighted by Gasteiger charge is -2.41. The average molecular weight is 351 g/mol. The fraction of sp³-hybridized carbons (Fsp3) is 0.609. The highest BCUT2D eigenvalue weighted by atomic mass is 16.1. The van der Waals surface area contributed by atoms with Gasteiger partial charge in [0, 0.05) is 18.9 Å². The maximum atomic E-state index is 11.7. The SMILES string of the molecule is CC(=O)NC1CC2(CCN(C[C@H]3C[C@H]4C=C[C@@H]3C4)CC2)c2ccccc21. The van der Waals surface area contributed by atoms with E-state index in [4.69, 9.17) is 0 Å². The molecule has 0 aromatic heterocycles. The first-order valence-corrected chi connectivity index (χ1v) is 10.4. The number of piperidine rings is 1. The van der Waals surface area contributed by atoms with Crippen LogP contribution < -0.4 is 5.32 Å². The van der Waals surface area contributed by atoms with Crippen LogP contribution in [0, 0.1) is 17.8 Å². The molecule has 1 spiro atoms. The number of likely N-dealkylation sites (tertiary alicyclic amines) is 1. The Morgan fingerprint density at radius 1 is 1.19 bits per heavy atom. The van der Waals surface area contributed by atoms with Crippen LogP contribution in [-0.4, -0.2) is 30.4 Å². The van der Waals surface area contributed by atoms with Crippen molar-refractivity contribution in [3.05, 3.63) is 47.5 Å². The molecule has 5 rings (SSSR count). The van der Waals surface area contributed by atoms with Gasteiger partial charge in [0.1, 0.15) is 0 Å². The maximum Gasteiger partial charge on any atom is 0.217 e. The fourth-order valence-corrected chi connectivity index (χ4v) is 6.34. The molecule has 1 saturated heterocycles. The van der Waals surface area contributed by atoms with Crippen molar-refractivity contribution in [2.24, 2.45) is 17.8 Å². The van der Waals surface area contributed by atoms with Crippen molar-refractivity contribution in [1.82, 2.24) is 10.2 Å². The molecule has 1 aromatic rings. The Balaban J connectivity index is 1.28. The van der Waals surface area contributed by atoms with Crippen molar-refractivity contribution in [3.8, 4) is 0 Å². The highest BCUT2D eigenvalue weighted by Crippen LogP contribution is 2.51. The van der Waals surface area contributed by atoms with Gasteiger partial charge >= 0.3 is 0 Å². The Kier molecular flexibility index (Phi) is 3.97. The summed E-state index contributed by atoms with van der Waals surface area (Å²) in [6.45, 7) is 5.34. The van der Waals surface area contributed by atoms with E-state index >= 15 is 0 Å². The van der Waals surface area contributed by atoms with Crippen molar-refractivity contribution in [2.45, 2.75) is 50.5 Å². The average Bonchev–Trinajstić information content (AvgIpc) is 3.32. The first-order valence-electron chi connectivity index (χ1n) is 10.4. The van der Waals surface area contributed by atoms with Gasteiger partial charge in [0.2, 0.25) is 5.91 Å². The molecule has 1 aromatic carbocycles. The van der Waals surface area contributed by atoms with Gasteiger partial charge in [-0.05, 0) is 74.1 Å². The van der Waals surface area contributed by atoms with E-state index in [1.165, 1.54) is 56.4 Å². The second-order valence-corrected chi connectivity index (χ2v) is 9.17. The van der Waals surface area contributed by atoms with E-state index < -0.39 is 0 Å². The van der Waals surface area contributed by atoms with Gasteiger partial charge in [-0.3, -0.25) is 4.79 Å². The normalized spacial score (nSPS) is 34.3. The van der Waals surface area contributed by atoms with Gasteiger partial charge in [-0.25, -0.2) is 0 Å². The van der Waals surface area contributed by atoms with Crippen molar-refractivity contribution in [3.63, 3.8) is 0 Å². The quantitative estimate of drug-likeness (QED) is 0.841. The molecular formula is C23H30N2O. The minimum absolute atomic E-state index is 0.0867. The molecule has 1 saturated carbocycles. The molecule has 1 aliphatic heterocycles. The summed E-state index contributed by atoms with van der Waals surface area (Å²) in [7, 11) is 0. The van der Waals surface area contributed by atoms with Crippen LogP contribution in [0.3, 0.4) is 0 Å². The molecule has 0 radical (unpaired) electrons. The highest BCUT2D eigenvalue weighted by Gasteiger charge is 2.46. The van der Waals surface area contributed by atoms with E-state index in [9.17, 15) is 4.79 Å². The zero-order valence-corrected chi connectivity index (χ0v) is 15.8. The topological polar surface area (TPSA) is 32.3 Å². The number of hydrogen-bond acceptors (Lipinski definition) is 2. The fourth-order valence-electron chi connectivity index (χ4n) is 6.34. The van der Waals surface area contributed by atoms with Crippen molar-refractivity contribution >= 4 is 5.91 Å². The van der Waals surface area contributed by atoms with Crippen LogP contribution in [0.1, 0.15) is 56.2 Å². The Morgan fingerprint density at radius 3 is 2.69 bits per heavy atom. The summed E-state index contributed by atoms with van der Waals surface area (Å²) >= 11 is 0. The summed E-state index contributed by atoms with van der Waals surface area (Å²) in [4.78, 5) is 14.4. The largest absolute Gasteiger partial charge is 0.349 e. The molecule has 3 heteroatoms. The summed E-state index contributed by atoms with van der Waals surface area (Å²) in [5.41, 5.74) is 3.13. The smallest absolute Gasteiger partial charge is 0.217 e. The molecule has 2 bridgehead atoms. The number of allylic oxidation sites excluding steroid dienone is 2. The lowest BCUT2D eigenvalue weighted by atomic mass is 9.73. The van der Waals surface area contributed by atoms with Crippen LogP contribution in [0.4, 0.5) is 0 Å². The number of rotatable bonds is 3. The molecule has 4 atom stereocenters. The molecule has 1 amide bonds. The number of amides is 1. The van der Waals surface area contributed by atoms with Crippen molar-refractivity contribution in [1.29, 1.82) is 0 Å². The zero-order valence-electron chi connectivity index (χ0n) is 15.8. The highest BCUT2D eigenvalue weighted by molar-refractivity contribution is 5.73. The second kappa shape index (κ2) is 6.23. The van der Waals surface area contributed by atoms with Crippen LogP contribution in [0.25, 0.3) is 0 Å². The molecule has 3 aliphatic carbocycles. The predicted molar refractivity (Wildman–Crippen MR) is 104 cm³/mol. The van der Waals surface area contributed by atoms with Gasteiger partial charge in [0.25, 0.3) is 0 Å². The van der Waals surface area contributed by atoms with Crippen molar-refractivity contribution in [2.75, 3.05) is 19.6 Å². The van der Waals surface area contributed by atoms with Gasteiger partial charge in [0.15, 0.2) is 0 Å². The van der Waals surface area contributed by atoms with Crippen LogP contribution >= 0.6 is 0 Å². The van der Waals surface area contributed by atoms with Crippen molar-refractivity contribution < 1.29 is 4.79 Å². The number of carbonyl (C=O) groups is 1. The summed E-state index contributed by atoms with van der Waals surface area (Å²) < 4.78 is 0. The van der Waals surface area contributed by atoms with Gasteiger partial charge in [-0.2, -0.15) is 0 Å². The van der Waals surface area contributed by atoms with E-state index in [1.54, 1.807) is 6.92 Å². The van der Waals surface area contributed by atoms with Crippen LogP contribution in [0.5, 0.6) is 0 Å². The molecular weight excluding hydrogens is 320 g/mol. The summed E-state index contributed by atoms with van der Waals surface area (Å²) in [5.74, 6) is 2.71. The number of nitrogens with one attached hydrogen (secondary N) is 1. The number of nitrogens with zero attached hydrogens (tertiary/aromatic N) is 1. The minimum atomic E-state index is 0.0867. The minimum Gasteiger partial charge on any atom is -0.349 e. The third-order valence-corrected chi connectivity index (χ3v) is 7.60. The number of carbonyl (C=O) groups excluding carboxylic acids is 1. The summed E-state index contributed by atoms with van der Waals surface area (Å²) in [6, 6.07) is 9.02. The monoisotopic (exact) mass is 350 g/mol. The van der Waals surface area contributed by atoms with E-state index in [2.05, 4.69) is 46.6 Å². The van der Waals surface area contributed by atoms with E-state index in [0.717, 1.165) is 24.2 Å². The third kappa shape index (κ3) is 2.72. The molecule has 1 N–H and O–H groups in total. The van der Waals surface area contributed by atoms with E-state index in [-0.39, 0.29) is 17.4 Å². The Morgan fingerprint density at radius 2 is 2.00 bits per heavy atom. The number of fused-ring (bicyclic) bond motifs is 4. The van der Waals surface area contributed by atoms with Gasteiger partial charge in [-0.15, -0.1) is 0 Å². The first-order chi connectivity index (χ1) is 12.6. The lowest BCUT2D eigenvalue weighted by molar-refractivity contribution is -0.119. The Labute approximate surface area is 156 Å². The predicted octanol–water partition coefficient (Wildman–Crippen LogP) is 3.81. The second-order valence-electron chi connectivity index (χ2n) is 9.17. The van der Waals surface area contributed by atoms with Crippen LogP contribution in [0.15, 0.2) is 36.4 Å². The van der Waals surface area contributed by atoms with E-state index in [0.29, 0.717) is 0 Å². The van der Waals surface area contributed by atoms with Gasteiger partial charge in [0.05, 0.1) is 6.04 Å². The standard InChI is InChI=1S/C23H30N2O/c1-16(26)24-22-14-23(21-5-3-2-4-20(21)22)8-10-25(11-9-23)15-19-13-17-6-7-18(19)12-17/h2-7,17-19,22H,8-15H2,1H3,(H,24,26)/t17-,18+,19+,22?/m0/s1. The molecule has 1 unspecified atom stereocenters. The lowest BCUT2D eigenvalue weighted by Crippen LogP contribution is -2.44. The molecule has 2 fully saturated rings. The van der Waals surface area contributed by atoms with Crippen LogP contribution in [-0.2, 0) is 10.2 Å². The maximum absolute atomic E-state index is 11.7. The zero-order chi connectivity index (χ0) is 17.7. The number of hydrogen-bond donors (Lipinski definition) is 1. The molecule has 26 heavy (non-hydrogen) atoms. The molecule has 4 aliphatic rings. The van der Waals surface area contributed by atoms with Gasteiger partial charge in [-0.1, -0.05) is 36.4 Å². The number of benzene rings is 1. The van der Waals surface area contributed by atoms with Gasteiger partial charge < -0.3 is 10.2 Å². The first kappa shape index (κ1) is 16.6. The summed E-state index contributed by atoms with van der Waals surface area (Å²) in [5, 5.41) is 3.20. The Hall–Kier alpha value is -1.61. The Bertz CT molecular complexity index is 731. The van der Waals surface area contributed by atoms with Crippen LogP contribution in [0.2, 0.25) is 0 Å². The van der Waals surface area contributed by atoms with E-state index in [1.807, 2.05) is 0 Å². The molecule has 138 valence electrons. The molecule has 1 heterocycles.